The first-order chi connectivity index (χ1) is 17.4. The molecular weight excluding hydrogens is 467 g/mol. The molecule has 0 atom stereocenters. The molecule has 2 amide bonds. The Bertz CT molecular complexity index is 1500. The SMILES string of the molecule is COC(=O)N1CC(c2nc(-c3cc(F)c(C)c(NC(=O)c4cnc5cc(C6CC6)ccn45)c3)no2)C1. The summed E-state index contributed by atoms with van der Waals surface area (Å²) < 4.78 is 26.6. The number of carbonyl (C=O) groups is 2. The molecule has 6 rings (SSSR count). The Morgan fingerprint density at radius 3 is 2.75 bits per heavy atom. The highest BCUT2D eigenvalue weighted by atomic mass is 19.1. The fraction of sp³-hybridized carbons (Fsp3) is 0.320. The van der Waals surface area contributed by atoms with Crippen molar-refractivity contribution < 1.29 is 23.2 Å². The molecule has 2 aliphatic rings. The molecular formula is C25H23FN6O4. The first kappa shape index (κ1) is 22.2. The highest BCUT2D eigenvalue weighted by molar-refractivity contribution is 6.04. The van der Waals surface area contributed by atoms with Crippen LogP contribution in [0, 0.1) is 12.7 Å². The van der Waals surface area contributed by atoms with E-state index >= 15 is 0 Å². The highest BCUT2D eigenvalue weighted by Gasteiger charge is 2.36. The molecule has 1 aliphatic heterocycles. The number of amides is 2. The van der Waals surface area contributed by atoms with Crippen molar-refractivity contribution in [2.75, 3.05) is 25.5 Å². The number of rotatable bonds is 5. The zero-order valence-electron chi connectivity index (χ0n) is 19.7. The van der Waals surface area contributed by atoms with E-state index in [1.165, 1.54) is 42.7 Å². The number of nitrogens with zero attached hydrogens (tertiary/aromatic N) is 5. The van der Waals surface area contributed by atoms with Gasteiger partial charge in [0.15, 0.2) is 0 Å². The van der Waals surface area contributed by atoms with Gasteiger partial charge in [-0.15, -0.1) is 0 Å². The Hall–Kier alpha value is -4.28. The number of hydrogen-bond acceptors (Lipinski definition) is 7. The number of pyridine rings is 1. The highest BCUT2D eigenvalue weighted by Crippen LogP contribution is 2.40. The summed E-state index contributed by atoms with van der Waals surface area (Å²) >= 11 is 0. The van der Waals surface area contributed by atoms with Crippen LogP contribution in [0.4, 0.5) is 14.9 Å². The normalized spacial score (nSPS) is 15.7. The van der Waals surface area contributed by atoms with Crippen LogP contribution < -0.4 is 5.32 Å². The molecule has 1 saturated heterocycles. The predicted molar refractivity (Wildman–Crippen MR) is 126 cm³/mol. The van der Waals surface area contributed by atoms with Crippen LogP contribution in [0.25, 0.3) is 17.0 Å². The number of methoxy groups -OCH3 is 1. The van der Waals surface area contributed by atoms with Crippen LogP contribution in [-0.2, 0) is 4.74 Å². The number of likely N-dealkylation sites (tertiary alicyclic amines) is 1. The molecule has 0 bridgehead atoms. The first-order valence-electron chi connectivity index (χ1n) is 11.7. The zero-order valence-corrected chi connectivity index (χ0v) is 19.7. The van der Waals surface area contributed by atoms with Gasteiger partial charge in [0.2, 0.25) is 11.7 Å². The minimum Gasteiger partial charge on any atom is -0.453 e. The van der Waals surface area contributed by atoms with E-state index in [0.717, 1.165) is 0 Å². The van der Waals surface area contributed by atoms with Crippen LogP contribution in [0.15, 0.2) is 41.2 Å². The molecule has 36 heavy (non-hydrogen) atoms. The number of halogens is 1. The van der Waals surface area contributed by atoms with Gasteiger partial charge in [0.05, 0.1) is 19.2 Å². The number of hydrogen-bond donors (Lipinski definition) is 1. The Morgan fingerprint density at radius 2 is 2.00 bits per heavy atom. The first-order valence-corrected chi connectivity index (χ1v) is 11.7. The number of carbonyl (C=O) groups excluding carboxylic acids is 2. The second kappa shape index (κ2) is 8.43. The number of nitrogens with one attached hydrogen (secondary N) is 1. The molecule has 4 heterocycles. The number of benzene rings is 1. The van der Waals surface area contributed by atoms with Crippen LogP contribution in [0.2, 0.25) is 0 Å². The zero-order chi connectivity index (χ0) is 25.0. The third-order valence-corrected chi connectivity index (χ3v) is 6.77. The lowest BCUT2D eigenvalue weighted by Gasteiger charge is -2.35. The Morgan fingerprint density at radius 1 is 1.19 bits per heavy atom. The molecule has 1 aliphatic carbocycles. The molecule has 184 valence electrons. The summed E-state index contributed by atoms with van der Waals surface area (Å²) in [6.07, 6.45) is 5.30. The third-order valence-electron chi connectivity index (χ3n) is 6.77. The van der Waals surface area contributed by atoms with Crippen molar-refractivity contribution in [3.05, 3.63) is 65.2 Å². The summed E-state index contributed by atoms with van der Waals surface area (Å²) in [5, 5.41) is 6.77. The summed E-state index contributed by atoms with van der Waals surface area (Å²) in [5.74, 6) is 0.0928. The predicted octanol–water partition coefficient (Wildman–Crippen LogP) is 4.13. The van der Waals surface area contributed by atoms with Crippen molar-refractivity contribution in [2.45, 2.75) is 31.6 Å². The quantitative estimate of drug-likeness (QED) is 0.447. The molecule has 3 aromatic heterocycles. The summed E-state index contributed by atoms with van der Waals surface area (Å²) in [7, 11) is 1.32. The van der Waals surface area contributed by atoms with Gasteiger partial charge < -0.3 is 19.5 Å². The van der Waals surface area contributed by atoms with Gasteiger partial charge in [-0.2, -0.15) is 4.98 Å². The van der Waals surface area contributed by atoms with E-state index in [9.17, 15) is 14.0 Å². The summed E-state index contributed by atoms with van der Waals surface area (Å²) in [5.41, 5.74) is 3.21. The van der Waals surface area contributed by atoms with E-state index in [2.05, 4.69) is 25.2 Å². The average Bonchev–Trinajstić information content (AvgIpc) is 3.43. The van der Waals surface area contributed by atoms with Crippen molar-refractivity contribution in [2.24, 2.45) is 0 Å². The minimum atomic E-state index is -0.512. The monoisotopic (exact) mass is 490 g/mol. The molecule has 4 aromatic rings. The number of fused-ring (bicyclic) bond motifs is 1. The second-order valence-electron chi connectivity index (χ2n) is 9.22. The lowest BCUT2D eigenvalue weighted by Crippen LogP contribution is -2.48. The van der Waals surface area contributed by atoms with Crippen LogP contribution in [0.3, 0.4) is 0 Å². The lowest BCUT2D eigenvalue weighted by molar-refractivity contribution is 0.0804. The molecule has 0 unspecified atom stereocenters. The van der Waals surface area contributed by atoms with Gasteiger partial charge >= 0.3 is 6.09 Å². The third kappa shape index (κ3) is 3.86. The van der Waals surface area contributed by atoms with E-state index in [1.54, 1.807) is 17.4 Å². The molecule has 2 fully saturated rings. The van der Waals surface area contributed by atoms with Crippen molar-refractivity contribution in [1.29, 1.82) is 0 Å². The minimum absolute atomic E-state index is 0.115. The molecule has 0 spiro atoms. The molecule has 0 radical (unpaired) electrons. The molecule has 1 aromatic carbocycles. The van der Waals surface area contributed by atoms with E-state index in [1.807, 2.05) is 18.3 Å². The van der Waals surface area contributed by atoms with Gasteiger partial charge in [-0.25, -0.2) is 14.2 Å². The summed E-state index contributed by atoms with van der Waals surface area (Å²) in [6.45, 7) is 2.39. The van der Waals surface area contributed by atoms with Crippen molar-refractivity contribution in [3.8, 4) is 11.4 Å². The van der Waals surface area contributed by atoms with E-state index in [4.69, 9.17) is 4.52 Å². The maximum atomic E-state index is 14.8. The van der Waals surface area contributed by atoms with Crippen molar-refractivity contribution in [1.82, 2.24) is 24.4 Å². The fourth-order valence-electron chi connectivity index (χ4n) is 4.39. The Labute approximate surface area is 205 Å². The maximum Gasteiger partial charge on any atom is 0.409 e. The van der Waals surface area contributed by atoms with E-state index in [-0.39, 0.29) is 17.3 Å². The molecule has 1 N–H and O–H groups in total. The Kier molecular flexibility index (Phi) is 5.20. The van der Waals surface area contributed by atoms with Crippen LogP contribution >= 0.6 is 0 Å². The fourth-order valence-corrected chi connectivity index (χ4v) is 4.39. The van der Waals surface area contributed by atoms with Crippen LogP contribution in [0.5, 0.6) is 0 Å². The van der Waals surface area contributed by atoms with Crippen LogP contribution in [0.1, 0.15) is 52.2 Å². The van der Waals surface area contributed by atoms with Gasteiger partial charge in [0.25, 0.3) is 5.91 Å². The topological polar surface area (TPSA) is 115 Å². The van der Waals surface area contributed by atoms with Gasteiger partial charge in [0, 0.05) is 36.1 Å². The standard InChI is InChI=1S/C25H23FN6O4/c1-13-18(26)7-16(22-29-24(36-30-22)17-11-31(12-17)25(34)35-2)8-19(13)28-23(33)20-10-27-21-9-15(14-3-4-14)5-6-32(20)21/h5-10,14,17H,3-4,11-12H2,1-2H3,(H,28,33). The average molecular weight is 490 g/mol. The van der Waals surface area contributed by atoms with Gasteiger partial charge in [-0.05, 0) is 55.5 Å². The largest absolute Gasteiger partial charge is 0.453 e. The number of aromatic nitrogens is 4. The number of ether oxygens (including phenoxy) is 1. The molecule has 1 saturated carbocycles. The summed E-state index contributed by atoms with van der Waals surface area (Å²) in [6, 6.07) is 6.92. The van der Waals surface area contributed by atoms with Crippen molar-refractivity contribution in [3.63, 3.8) is 0 Å². The maximum absolute atomic E-state index is 14.8. The smallest absolute Gasteiger partial charge is 0.409 e. The number of anilines is 1. The summed E-state index contributed by atoms with van der Waals surface area (Å²) in [4.78, 5) is 34.9. The van der Waals surface area contributed by atoms with Gasteiger partial charge in [0.1, 0.15) is 17.2 Å². The molecule has 10 nitrogen and oxygen atoms in total. The lowest BCUT2D eigenvalue weighted by atomic mass is 10.0. The van der Waals surface area contributed by atoms with E-state index < -0.39 is 17.8 Å². The molecule has 11 heteroatoms. The van der Waals surface area contributed by atoms with E-state index in [0.29, 0.717) is 47.5 Å². The van der Waals surface area contributed by atoms with Gasteiger partial charge in [-0.3, -0.25) is 9.20 Å². The Balaban J connectivity index is 1.22. The van der Waals surface area contributed by atoms with Gasteiger partial charge in [-0.1, -0.05) is 5.16 Å². The van der Waals surface area contributed by atoms with Crippen molar-refractivity contribution >= 4 is 23.3 Å². The van der Waals surface area contributed by atoms with Crippen LogP contribution in [-0.4, -0.2) is 56.6 Å². The second-order valence-corrected chi connectivity index (χ2v) is 9.22. The number of imidazole rings is 1.